The molecular weight excluding hydrogens is 355 g/mol. The van der Waals surface area contributed by atoms with Gasteiger partial charge in [0, 0.05) is 17.5 Å². The molecule has 0 saturated carbocycles. The molecule has 0 fully saturated rings. The van der Waals surface area contributed by atoms with Crippen LogP contribution in [0.1, 0.15) is 5.56 Å². The maximum atomic E-state index is 13.8. The zero-order valence-electron chi connectivity index (χ0n) is 10.3. The average molecular weight is 362 g/mol. The minimum atomic E-state index is -1.04. The predicted octanol–water partition coefficient (Wildman–Crippen LogP) is 4.70. The van der Waals surface area contributed by atoms with Crippen molar-refractivity contribution in [2.75, 3.05) is 0 Å². The van der Waals surface area contributed by atoms with E-state index in [0.717, 1.165) is 24.3 Å². The Balaban J connectivity index is 2.48. The summed E-state index contributed by atoms with van der Waals surface area (Å²) in [7, 11) is 0. The Bertz CT molecular complexity index is 686. The lowest BCUT2D eigenvalue weighted by Crippen LogP contribution is -1.98. The van der Waals surface area contributed by atoms with Crippen molar-refractivity contribution >= 4 is 21.6 Å². The third kappa shape index (κ3) is 3.33. The van der Waals surface area contributed by atoms with Gasteiger partial charge in [-0.3, -0.25) is 10.1 Å². The van der Waals surface area contributed by atoms with Gasteiger partial charge in [0.2, 0.25) is 5.75 Å². The number of benzene rings is 2. The third-order valence-corrected chi connectivity index (χ3v) is 3.19. The second-order valence-corrected chi connectivity index (χ2v) is 4.55. The van der Waals surface area contributed by atoms with Crippen LogP contribution in [0, 0.1) is 27.6 Å². The summed E-state index contributed by atoms with van der Waals surface area (Å²) in [4.78, 5) is 9.97. The second-order valence-electron chi connectivity index (χ2n) is 3.99. The summed E-state index contributed by atoms with van der Waals surface area (Å²) >= 11 is 3.04. The molecule has 2 aromatic carbocycles. The number of ether oxygens (including phenoxy) is 1. The predicted molar refractivity (Wildman–Crippen MR) is 72.1 cm³/mol. The molecule has 110 valence electrons. The lowest BCUT2D eigenvalue weighted by atomic mass is 10.2. The van der Waals surface area contributed by atoms with Gasteiger partial charge in [0.25, 0.3) is 0 Å². The van der Waals surface area contributed by atoms with Crippen molar-refractivity contribution in [2.45, 2.75) is 5.33 Å². The maximum Gasteiger partial charge on any atom is 0.311 e. The summed E-state index contributed by atoms with van der Waals surface area (Å²) in [5.41, 5.74) is -0.272. The third-order valence-electron chi connectivity index (χ3n) is 2.54. The van der Waals surface area contributed by atoms with E-state index in [1.807, 2.05) is 0 Å². The van der Waals surface area contributed by atoms with E-state index in [2.05, 4.69) is 15.9 Å². The standard InChI is InChI=1S/C13H7BrF3NO3/c14-6-7-3-9(16)13(10(17)4-7)21-12-5-8(15)1-2-11(12)18(19)20/h1-5H,6H2. The van der Waals surface area contributed by atoms with E-state index in [1.165, 1.54) is 0 Å². The molecule has 0 bridgehead atoms. The molecule has 0 aromatic heterocycles. The molecular formula is C13H7BrF3NO3. The number of nitro groups is 1. The zero-order valence-corrected chi connectivity index (χ0v) is 11.9. The molecule has 0 aliphatic heterocycles. The number of hydrogen-bond donors (Lipinski definition) is 0. The normalized spacial score (nSPS) is 10.5. The minimum Gasteiger partial charge on any atom is -0.444 e. The van der Waals surface area contributed by atoms with Crippen LogP contribution < -0.4 is 4.74 Å². The number of rotatable bonds is 4. The number of alkyl halides is 1. The van der Waals surface area contributed by atoms with Crippen molar-refractivity contribution in [3.8, 4) is 11.5 Å². The summed E-state index contributed by atoms with van der Waals surface area (Å²) in [6, 6.07) is 4.42. The van der Waals surface area contributed by atoms with Crippen molar-refractivity contribution < 1.29 is 22.8 Å². The molecule has 0 N–H and O–H groups in total. The van der Waals surface area contributed by atoms with E-state index in [4.69, 9.17) is 4.74 Å². The highest BCUT2D eigenvalue weighted by Crippen LogP contribution is 2.35. The van der Waals surface area contributed by atoms with E-state index >= 15 is 0 Å². The second kappa shape index (κ2) is 6.13. The van der Waals surface area contributed by atoms with Crippen LogP contribution in [0.2, 0.25) is 0 Å². The van der Waals surface area contributed by atoms with E-state index in [-0.39, 0.29) is 5.33 Å². The van der Waals surface area contributed by atoms with Gasteiger partial charge in [0.1, 0.15) is 5.82 Å². The van der Waals surface area contributed by atoms with Crippen LogP contribution in [0.4, 0.5) is 18.9 Å². The molecule has 0 aliphatic carbocycles. The summed E-state index contributed by atoms with van der Waals surface area (Å²) in [6.07, 6.45) is 0. The van der Waals surface area contributed by atoms with Gasteiger partial charge >= 0.3 is 5.69 Å². The Labute approximate surface area is 125 Å². The molecule has 8 heteroatoms. The van der Waals surface area contributed by atoms with Gasteiger partial charge in [-0.05, 0) is 23.8 Å². The molecule has 0 heterocycles. The fourth-order valence-electron chi connectivity index (χ4n) is 1.62. The van der Waals surface area contributed by atoms with Gasteiger partial charge < -0.3 is 4.74 Å². The highest BCUT2D eigenvalue weighted by Gasteiger charge is 2.20. The summed E-state index contributed by atoms with van der Waals surface area (Å²) in [5, 5.41) is 11.0. The number of halogens is 4. The lowest BCUT2D eigenvalue weighted by molar-refractivity contribution is -0.385. The largest absolute Gasteiger partial charge is 0.444 e. The molecule has 0 radical (unpaired) electrons. The Kier molecular flexibility index (Phi) is 4.46. The van der Waals surface area contributed by atoms with Crippen LogP contribution in [0.25, 0.3) is 0 Å². The van der Waals surface area contributed by atoms with Gasteiger partial charge in [-0.15, -0.1) is 0 Å². The molecule has 21 heavy (non-hydrogen) atoms. The molecule has 0 amide bonds. The van der Waals surface area contributed by atoms with E-state index < -0.39 is 39.6 Å². The Hall–Kier alpha value is -2.09. The molecule has 0 atom stereocenters. The van der Waals surface area contributed by atoms with Crippen LogP contribution in [0.5, 0.6) is 11.5 Å². The van der Waals surface area contributed by atoms with Gasteiger partial charge in [-0.2, -0.15) is 0 Å². The van der Waals surface area contributed by atoms with Crippen molar-refractivity contribution in [2.24, 2.45) is 0 Å². The first kappa shape index (κ1) is 15.3. The molecule has 0 aliphatic rings. The van der Waals surface area contributed by atoms with Crippen LogP contribution in [-0.2, 0) is 5.33 Å². The minimum absolute atomic E-state index is 0.223. The highest BCUT2D eigenvalue weighted by atomic mass is 79.9. The summed E-state index contributed by atoms with van der Waals surface area (Å²) in [5.74, 6) is -4.31. The summed E-state index contributed by atoms with van der Waals surface area (Å²) in [6.45, 7) is 0. The molecule has 0 unspecified atom stereocenters. The average Bonchev–Trinajstić information content (AvgIpc) is 2.42. The van der Waals surface area contributed by atoms with Crippen LogP contribution in [-0.4, -0.2) is 4.92 Å². The van der Waals surface area contributed by atoms with Crippen LogP contribution in [0.3, 0.4) is 0 Å². The molecule has 2 rings (SSSR count). The number of nitro benzene ring substituents is 1. The van der Waals surface area contributed by atoms with Crippen molar-refractivity contribution in [1.29, 1.82) is 0 Å². The van der Waals surface area contributed by atoms with Crippen LogP contribution >= 0.6 is 15.9 Å². The first-order chi connectivity index (χ1) is 9.92. The van der Waals surface area contributed by atoms with Crippen molar-refractivity contribution in [3.05, 3.63) is 63.5 Å². The quantitative estimate of drug-likeness (QED) is 0.450. The van der Waals surface area contributed by atoms with Crippen molar-refractivity contribution in [1.82, 2.24) is 0 Å². The molecule has 0 saturated heterocycles. The molecule has 0 spiro atoms. The first-order valence-corrected chi connectivity index (χ1v) is 6.70. The zero-order chi connectivity index (χ0) is 15.6. The molecule has 2 aromatic rings. The van der Waals surface area contributed by atoms with E-state index in [0.29, 0.717) is 11.6 Å². The van der Waals surface area contributed by atoms with E-state index in [9.17, 15) is 23.3 Å². The lowest BCUT2D eigenvalue weighted by Gasteiger charge is -2.09. The van der Waals surface area contributed by atoms with Gasteiger partial charge in [-0.25, -0.2) is 13.2 Å². The Morgan fingerprint density at radius 3 is 2.29 bits per heavy atom. The van der Waals surface area contributed by atoms with Crippen LogP contribution in [0.15, 0.2) is 30.3 Å². The summed E-state index contributed by atoms with van der Waals surface area (Å²) < 4.78 is 45.5. The number of nitrogens with zero attached hydrogens (tertiary/aromatic N) is 1. The number of hydrogen-bond acceptors (Lipinski definition) is 3. The fourth-order valence-corrected chi connectivity index (χ4v) is 1.94. The smallest absolute Gasteiger partial charge is 0.311 e. The highest BCUT2D eigenvalue weighted by molar-refractivity contribution is 9.08. The van der Waals surface area contributed by atoms with Gasteiger partial charge in [0.15, 0.2) is 17.4 Å². The van der Waals surface area contributed by atoms with E-state index in [1.54, 1.807) is 0 Å². The molecule has 4 nitrogen and oxygen atoms in total. The SMILES string of the molecule is O=[N+]([O-])c1ccc(F)cc1Oc1c(F)cc(CBr)cc1F. The Morgan fingerprint density at radius 2 is 1.76 bits per heavy atom. The fraction of sp³-hybridized carbons (Fsp3) is 0.0769. The Morgan fingerprint density at radius 1 is 1.14 bits per heavy atom. The van der Waals surface area contributed by atoms with Gasteiger partial charge in [-0.1, -0.05) is 15.9 Å². The maximum absolute atomic E-state index is 13.8. The first-order valence-electron chi connectivity index (χ1n) is 5.58. The monoisotopic (exact) mass is 361 g/mol. The van der Waals surface area contributed by atoms with Gasteiger partial charge in [0.05, 0.1) is 4.92 Å². The van der Waals surface area contributed by atoms with Crippen molar-refractivity contribution in [3.63, 3.8) is 0 Å². The topological polar surface area (TPSA) is 52.4 Å².